The molecule has 2 rings (SSSR count). The first kappa shape index (κ1) is 15.8. The Morgan fingerprint density at radius 1 is 1.05 bits per heavy atom. The van der Waals surface area contributed by atoms with Crippen molar-refractivity contribution < 1.29 is 21.6 Å². The second-order valence-corrected chi connectivity index (χ2v) is 6.74. The van der Waals surface area contributed by atoms with Gasteiger partial charge in [0.25, 0.3) is 10.0 Å². The first-order chi connectivity index (χ1) is 9.70. The number of aryl methyl sites for hydroxylation is 1. The predicted molar refractivity (Wildman–Crippen MR) is 76.0 cm³/mol. The molecule has 0 aromatic heterocycles. The van der Waals surface area contributed by atoms with Crippen LogP contribution in [0, 0.1) is 24.4 Å². The highest BCUT2D eigenvalue weighted by Gasteiger charge is 2.24. The van der Waals surface area contributed by atoms with Crippen LogP contribution in [-0.2, 0) is 10.0 Å². The third-order valence-corrected chi connectivity index (χ3v) is 5.00. The molecule has 3 nitrogen and oxygen atoms in total. The third kappa shape index (κ3) is 3.38. The van der Waals surface area contributed by atoms with Gasteiger partial charge in [-0.15, -0.1) is 0 Å². The lowest BCUT2D eigenvalue weighted by molar-refractivity contribution is 0.548. The standard InChI is InChI=1S/C13H9BrF3NO2S/c1-7-2-3-9(6-11(7)16)18-21(19,20)13-10(14)4-8(15)5-12(13)17/h2-6,18H,1H3. The van der Waals surface area contributed by atoms with Crippen LogP contribution in [0.15, 0.2) is 39.7 Å². The zero-order valence-corrected chi connectivity index (χ0v) is 13.0. The van der Waals surface area contributed by atoms with E-state index in [1.165, 1.54) is 19.1 Å². The maximum absolute atomic E-state index is 13.7. The normalized spacial score (nSPS) is 11.5. The fourth-order valence-corrected chi connectivity index (χ4v) is 3.87. The smallest absolute Gasteiger partial charge is 0.265 e. The van der Waals surface area contributed by atoms with Gasteiger partial charge in [-0.25, -0.2) is 21.6 Å². The lowest BCUT2D eigenvalue weighted by Crippen LogP contribution is -2.15. The van der Waals surface area contributed by atoms with Crippen LogP contribution in [0.3, 0.4) is 0 Å². The Hall–Kier alpha value is -1.54. The summed E-state index contributed by atoms with van der Waals surface area (Å²) in [5, 5.41) is 0. The molecule has 0 bridgehead atoms. The predicted octanol–water partition coefficient (Wildman–Crippen LogP) is 3.98. The molecule has 8 heteroatoms. The van der Waals surface area contributed by atoms with Gasteiger partial charge >= 0.3 is 0 Å². The van der Waals surface area contributed by atoms with Crippen LogP contribution >= 0.6 is 15.9 Å². The van der Waals surface area contributed by atoms with Crippen molar-refractivity contribution in [2.75, 3.05) is 4.72 Å². The number of hydrogen-bond acceptors (Lipinski definition) is 2. The number of benzene rings is 2. The first-order valence-corrected chi connectivity index (χ1v) is 7.92. The number of rotatable bonds is 3. The van der Waals surface area contributed by atoms with Crippen molar-refractivity contribution in [3.63, 3.8) is 0 Å². The Morgan fingerprint density at radius 2 is 1.71 bits per heavy atom. The zero-order chi connectivity index (χ0) is 15.8. The zero-order valence-electron chi connectivity index (χ0n) is 10.6. The topological polar surface area (TPSA) is 46.2 Å². The SMILES string of the molecule is Cc1ccc(NS(=O)(=O)c2c(F)cc(F)cc2Br)cc1F. The van der Waals surface area contributed by atoms with E-state index in [-0.39, 0.29) is 10.2 Å². The first-order valence-electron chi connectivity index (χ1n) is 5.64. The highest BCUT2D eigenvalue weighted by Crippen LogP contribution is 2.28. The Kier molecular flexibility index (Phi) is 4.29. The van der Waals surface area contributed by atoms with Gasteiger partial charge < -0.3 is 0 Å². The van der Waals surface area contributed by atoms with E-state index in [1.54, 1.807) is 0 Å². The van der Waals surface area contributed by atoms with Gasteiger partial charge in [0.1, 0.15) is 22.3 Å². The van der Waals surface area contributed by atoms with E-state index in [1.807, 2.05) is 4.72 Å². The molecule has 0 aliphatic carbocycles. The van der Waals surface area contributed by atoms with E-state index in [9.17, 15) is 21.6 Å². The van der Waals surface area contributed by atoms with Crippen molar-refractivity contribution in [3.8, 4) is 0 Å². The van der Waals surface area contributed by atoms with E-state index in [2.05, 4.69) is 15.9 Å². The molecule has 0 saturated carbocycles. The third-order valence-electron chi connectivity index (χ3n) is 2.66. The van der Waals surface area contributed by atoms with E-state index < -0.39 is 32.4 Å². The van der Waals surface area contributed by atoms with Crippen molar-refractivity contribution in [1.82, 2.24) is 0 Å². The molecule has 0 aliphatic rings. The molecule has 2 aromatic rings. The van der Waals surface area contributed by atoms with Gasteiger partial charge in [0.15, 0.2) is 0 Å². The molecule has 0 saturated heterocycles. The van der Waals surface area contributed by atoms with Gasteiger partial charge in [-0.1, -0.05) is 6.07 Å². The van der Waals surface area contributed by atoms with E-state index in [0.29, 0.717) is 11.6 Å². The van der Waals surface area contributed by atoms with Gasteiger partial charge in [-0.2, -0.15) is 0 Å². The molecule has 0 fully saturated rings. The molecule has 21 heavy (non-hydrogen) atoms. The van der Waals surface area contributed by atoms with Crippen LogP contribution in [0.4, 0.5) is 18.9 Å². The molecule has 0 aliphatic heterocycles. The van der Waals surface area contributed by atoms with Crippen LogP contribution < -0.4 is 4.72 Å². The summed E-state index contributed by atoms with van der Waals surface area (Å²) in [7, 11) is -4.33. The van der Waals surface area contributed by atoms with Crippen molar-refractivity contribution in [1.29, 1.82) is 0 Å². The fourth-order valence-electron chi connectivity index (χ4n) is 1.65. The summed E-state index contributed by atoms with van der Waals surface area (Å²) >= 11 is 2.80. The summed E-state index contributed by atoms with van der Waals surface area (Å²) < 4.78 is 66.1. The number of anilines is 1. The second-order valence-electron chi connectivity index (χ2n) is 4.27. The minimum atomic E-state index is -4.33. The Balaban J connectivity index is 2.46. The summed E-state index contributed by atoms with van der Waals surface area (Å²) in [5.74, 6) is -2.77. The molecule has 0 spiro atoms. The van der Waals surface area contributed by atoms with Gasteiger partial charge in [0.2, 0.25) is 0 Å². The van der Waals surface area contributed by atoms with Crippen LogP contribution in [-0.4, -0.2) is 8.42 Å². The minimum absolute atomic E-state index is 0.0614. The van der Waals surface area contributed by atoms with Crippen molar-refractivity contribution in [2.45, 2.75) is 11.8 Å². The fraction of sp³-hybridized carbons (Fsp3) is 0.0769. The molecular weight excluding hydrogens is 371 g/mol. The molecule has 112 valence electrons. The number of sulfonamides is 1. The molecule has 0 atom stereocenters. The molecule has 1 N–H and O–H groups in total. The summed E-state index contributed by atoms with van der Waals surface area (Å²) in [6, 6.07) is 4.97. The quantitative estimate of drug-likeness (QED) is 0.876. The molecule has 0 amide bonds. The van der Waals surface area contributed by atoms with Crippen molar-refractivity contribution in [3.05, 3.63) is 57.8 Å². The average Bonchev–Trinajstić information content (AvgIpc) is 2.31. The second kappa shape index (κ2) is 5.69. The maximum Gasteiger partial charge on any atom is 0.265 e. The Labute approximate surface area is 128 Å². The molecule has 0 heterocycles. The van der Waals surface area contributed by atoms with Gasteiger partial charge in [0.05, 0.1) is 5.69 Å². The number of halogens is 4. The average molecular weight is 380 g/mol. The van der Waals surface area contributed by atoms with Crippen LogP contribution in [0.25, 0.3) is 0 Å². The molecule has 2 aromatic carbocycles. The molecule has 0 unspecified atom stereocenters. The summed E-state index contributed by atoms with van der Waals surface area (Å²) in [6.45, 7) is 1.52. The molecule has 0 radical (unpaired) electrons. The van der Waals surface area contributed by atoms with E-state index in [0.717, 1.165) is 12.1 Å². The van der Waals surface area contributed by atoms with Crippen molar-refractivity contribution >= 4 is 31.6 Å². The summed E-state index contributed by atoms with van der Waals surface area (Å²) in [6.07, 6.45) is 0. The maximum atomic E-state index is 13.7. The highest BCUT2D eigenvalue weighted by molar-refractivity contribution is 9.10. The number of hydrogen-bond donors (Lipinski definition) is 1. The van der Waals surface area contributed by atoms with Gasteiger partial charge in [0, 0.05) is 10.5 Å². The van der Waals surface area contributed by atoms with Gasteiger partial charge in [-0.3, -0.25) is 4.72 Å². The monoisotopic (exact) mass is 379 g/mol. The highest BCUT2D eigenvalue weighted by atomic mass is 79.9. The van der Waals surface area contributed by atoms with E-state index in [4.69, 9.17) is 0 Å². The van der Waals surface area contributed by atoms with Crippen LogP contribution in [0.2, 0.25) is 0 Å². The van der Waals surface area contributed by atoms with Crippen LogP contribution in [0.1, 0.15) is 5.56 Å². The van der Waals surface area contributed by atoms with Crippen molar-refractivity contribution in [2.24, 2.45) is 0 Å². The minimum Gasteiger partial charge on any atom is -0.279 e. The largest absolute Gasteiger partial charge is 0.279 e. The lowest BCUT2D eigenvalue weighted by atomic mass is 10.2. The Bertz CT molecular complexity index is 786. The lowest BCUT2D eigenvalue weighted by Gasteiger charge is -2.11. The summed E-state index contributed by atoms with van der Waals surface area (Å²) in [4.78, 5) is -0.745. The van der Waals surface area contributed by atoms with E-state index >= 15 is 0 Å². The van der Waals surface area contributed by atoms with Gasteiger partial charge in [-0.05, 0) is 46.6 Å². The van der Waals surface area contributed by atoms with Crippen LogP contribution in [0.5, 0.6) is 0 Å². The number of nitrogens with one attached hydrogen (secondary N) is 1. The molecular formula is C13H9BrF3NO2S. The Morgan fingerprint density at radius 3 is 2.29 bits per heavy atom. The summed E-state index contributed by atoms with van der Waals surface area (Å²) in [5.41, 5.74) is 0.279.